The number of rotatable bonds is 0. The molecule has 15 aromatic rings. The summed E-state index contributed by atoms with van der Waals surface area (Å²) in [6, 6.07) is 18.1. The van der Waals surface area contributed by atoms with E-state index >= 15 is 0 Å². The van der Waals surface area contributed by atoms with Crippen LogP contribution < -0.4 is 0 Å². The smallest absolute Gasteiger partial charge is 0.277 e. The molecule has 119 heavy (non-hydrogen) atoms. The average molecular weight is 1640 g/mol. The molecule has 15 aromatic carbocycles. The van der Waals surface area contributed by atoms with Gasteiger partial charge in [0.1, 0.15) is 0 Å². The van der Waals surface area contributed by atoms with E-state index < -0.39 is 173 Å². The molecule has 0 bridgehead atoms. The van der Waals surface area contributed by atoms with E-state index in [4.69, 9.17) is 0 Å². The molecule has 0 N–H and O–H groups in total. The molecule has 0 aromatic heterocycles. The molecule has 0 fully saturated rings. The summed E-state index contributed by atoms with van der Waals surface area (Å²) in [5.41, 5.74) is -7.49. The molecule has 12 amide bonds. The molecule has 0 aliphatic carbocycles. The predicted octanol–water partition coefficient (Wildman–Crippen LogP) is 18.6. The van der Waals surface area contributed by atoms with E-state index in [9.17, 15) is 123 Å². The van der Waals surface area contributed by atoms with Gasteiger partial charge in [0.05, 0.1) is 27.8 Å². The first-order valence-electron chi connectivity index (χ1n) is 35.7. The molecule has 6 heterocycles. The molecular weight excluding hydrogens is 1590 g/mol. The average Bonchev–Trinajstić information content (AvgIpc) is 0.686. The van der Waals surface area contributed by atoms with Crippen molar-refractivity contribution in [1.29, 1.82) is 0 Å². The molecule has 21 rings (SSSR count). The van der Waals surface area contributed by atoms with Crippen molar-refractivity contribution in [2.24, 2.45) is 0 Å². The van der Waals surface area contributed by atoms with Gasteiger partial charge in [0.15, 0.2) is 0 Å². The number of nitrogens with zero attached hydrogens (tertiary/aromatic N) is 6. The number of carbonyl (C=O) groups is 12. The Morgan fingerprint density at radius 2 is 0.345 bits per heavy atom. The van der Waals surface area contributed by atoms with E-state index in [0.29, 0.717) is 71.0 Å². The first-order chi connectivity index (χ1) is 55.5. The van der Waals surface area contributed by atoms with Crippen LogP contribution in [0.3, 0.4) is 0 Å². The van der Waals surface area contributed by atoms with Crippen LogP contribution in [-0.4, -0.2) is 143 Å². The summed E-state index contributed by atoms with van der Waals surface area (Å²) in [5.74, 6) is -9.84. The second kappa shape index (κ2) is 23.2. The minimum absolute atomic E-state index is 0.0990. The van der Waals surface area contributed by atoms with Gasteiger partial charge in [0.25, 0.3) is 70.9 Å². The maximum absolute atomic E-state index is 14.8. The van der Waals surface area contributed by atoms with Gasteiger partial charge in [-0.05, 0) is 180 Å². The van der Waals surface area contributed by atoms with Gasteiger partial charge in [-0.2, -0.15) is 65.9 Å². The maximum Gasteiger partial charge on any atom is 0.417 e. The van der Waals surface area contributed by atoms with E-state index in [2.05, 4.69) is 0 Å². The molecule has 0 unspecified atom stereocenters. The summed E-state index contributed by atoms with van der Waals surface area (Å²) in [4.78, 5) is 161. The van der Waals surface area contributed by atoms with Gasteiger partial charge in [0.2, 0.25) is 0 Å². The summed E-state index contributed by atoms with van der Waals surface area (Å²) in [5, 5.41) is -3.10. The third-order valence-electron chi connectivity index (χ3n) is 24.1. The first kappa shape index (κ1) is 75.1. The number of hydrogen-bond donors (Lipinski definition) is 0. The van der Waals surface area contributed by atoms with Crippen LogP contribution in [0.25, 0.3) is 129 Å². The third-order valence-corrected chi connectivity index (χ3v) is 24.1. The number of hydrogen-bond acceptors (Lipinski definition) is 12. The van der Waals surface area contributed by atoms with Crippen LogP contribution in [0.2, 0.25) is 0 Å². The van der Waals surface area contributed by atoms with Gasteiger partial charge in [-0.25, -0.2) is 0 Å². The summed E-state index contributed by atoms with van der Waals surface area (Å²) >= 11 is 0. The van der Waals surface area contributed by atoms with Crippen molar-refractivity contribution in [2.75, 3.05) is 42.3 Å². The van der Waals surface area contributed by atoms with Crippen LogP contribution >= 0.6 is 0 Å². The van der Waals surface area contributed by atoms with Crippen molar-refractivity contribution in [3.8, 4) is 0 Å². The van der Waals surface area contributed by atoms with Crippen molar-refractivity contribution in [3.05, 3.63) is 208 Å². The fourth-order valence-electron chi connectivity index (χ4n) is 19.0. The van der Waals surface area contributed by atoms with Crippen molar-refractivity contribution in [2.45, 2.75) is 51.7 Å². The van der Waals surface area contributed by atoms with Crippen LogP contribution in [0.1, 0.15) is 169 Å². The van der Waals surface area contributed by atoms with Gasteiger partial charge < -0.3 is 0 Å². The molecule has 0 atom stereocenters. The fourth-order valence-corrected chi connectivity index (χ4v) is 19.0. The Morgan fingerprint density at radius 1 is 0.176 bits per heavy atom. The molecule has 0 saturated heterocycles. The topological polar surface area (TPSA) is 224 Å². The highest BCUT2D eigenvalue weighted by Gasteiger charge is 2.49. The zero-order chi connectivity index (χ0) is 85.6. The molecule has 0 saturated carbocycles. The van der Waals surface area contributed by atoms with Gasteiger partial charge in [0, 0.05) is 168 Å². The molecule has 0 radical (unpaired) electrons. The number of carbonyl (C=O) groups excluding carboxylic acids is 12. The number of aryl methyl sites for hydroxylation is 3. The lowest BCUT2D eigenvalue weighted by atomic mass is 9.77. The number of imide groups is 6. The zero-order valence-electron chi connectivity index (χ0n) is 62.0. The molecule has 6 aliphatic heterocycles. The van der Waals surface area contributed by atoms with Crippen molar-refractivity contribution in [3.63, 3.8) is 0 Å². The van der Waals surface area contributed by atoms with E-state index in [0.717, 1.165) is 56.2 Å². The van der Waals surface area contributed by atoms with Crippen LogP contribution in [0.5, 0.6) is 0 Å². The zero-order valence-corrected chi connectivity index (χ0v) is 62.0. The largest absolute Gasteiger partial charge is 0.417 e. The monoisotopic (exact) mass is 1640 g/mol. The number of benzene rings is 15. The number of halogens is 15. The molecule has 33 heteroatoms. The lowest BCUT2D eigenvalue weighted by Crippen LogP contribution is -2.37. The molecule has 594 valence electrons. The summed E-state index contributed by atoms with van der Waals surface area (Å²) in [6.45, 7) is 4.71. The molecular formula is C86H43F15N6O12. The Hall–Kier alpha value is -14.0. The molecule has 0 spiro atoms. The Labute approximate surface area is 652 Å². The predicted molar refractivity (Wildman–Crippen MR) is 401 cm³/mol. The highest BCUT2D eigenvalue weighted by Crippen LogP contribution is 2.58. The van der Waals surface area contributed by atoms with Crippen LogP contribution in [0.4, 0.5) is 65.9 Å². The second-order valence-electron chi connectivity index (χ2n) is 30.2. The highest BCUT2D eigenvalue weighted by atomic mass is 19.4. The van der Waals surface area contributed by atoms with Gasteiger partial charge in [-0.1, -0.05) is 24.3 Å². The summed E-state index contributed by atoms with van der Waals surface area (Å²) in [7, 11) is 7.05. The Bertz CT molecular complexity index is 7380. The Morgan fingerprint density at radius 3 is 0.588 bits per heavy atom. The Balaban J connectivity index is 0.000000119. The number of alkyl halides is 15. The number of fused-ring (bicyclic) bond motifs is 6. The fraction of sp³-hybridized carbons (Fsp3) is 0.163. The standard InChI is InChI=1S/C30H16F6N2O4.C28H12F6N2O4.C28H15F3N2O4/c1-9-5-11-19-13(27(41)37(3)25(11)39)7-15(29(31,32)33)21-22-16(30(34,35)36)8-14-20-12(26(40)38(4)28(14)42)6-10(2)18(24(20)22)17(9)23(19)21;1-35-23(37)11-5-3-9-20-16(28(32,33)34)8-14-18-12(24(38)36(2)26(14)40)6-4-10(22(18)20)19-15(27(29,30)31)7-13(25(35)39)17(11)21(9)19;1-10-8-15-21-16(27(37)33(3)26(15)36)9-17(28(29,30)31)22-12-5-7-14-20-13(24(34)32(2)25(14)35)6-4-11(19(12)20)18(10)23(21)22/h5-8H,1-4H3;3-8H,1-2H3;4-9H,1-3H3. The Kier molecular flexibility index (Phi) is 14.6. The normalized spacial score (nSPS) is 16.0. The van der Waals surface area contributed by atoms with Gasteiger partial charge in [-0.3, -0.25) is 86.9 Å². The lowest BCUT2D eigenvalue weighted by Gasteiger charge is -2.31. The lowest BCUT2D eigenvalue weighted by molar-refractivity contribution is -0.138. The minimum atomic E-state index is -5.23. The summed E-state index contributed by atoms with van der Waals surface area (Å²) in [6.07, 6.45) is -25.4. The van der Waals surface area contributed by atoms with E-state index in [1.807, 2.05) is 0 Å². The quantitative estimate of drug-likeness (QED) is 0.0598. The third kappa shape index (κ3) is 9.36. The van der Waals surface area contributed by atoms with Gasteiger partial charge >= 0.3 is 30.9 Å². The summed E-state index contributed by atoms with van der Waals surface area (Å²) < 4.78 is 221. The van der Waals surface area contributed by atoms with Crippen molar-refractivity contribution in [1.82, 2.24) is 29.4 Å². The first-order valence-corrected chi connectivity index (χ1v) is 35.7. The van der Waals surface area contributed by atoms with Crippen molar-refractivity contribution >= 4 is 200 Å². The molecule has 18 nitrogen and oxygen atoms in total. The maximum atomic E-state index is 14.8. The van der Waals surface area contributed by atoms with E-state index in [1.54, 1.807) is 25.1 Å². The van der Waals surface area contributed by atoms with E-state index in [-0.39, 0.29) is 142 Å². The van der Waals surface area contributed by atoms with Crippen LogP contribution in [0, 0.1) is 20.8 Å². The molecule has 6 aliphatic rings. The SMILES string of the molecule is CN1C(=O)c2ccc3c4c(C(F)(F)F)cc5c6c(ccc(c7c(C(F)(F)F)cc(c2c37)C1=O)c64)C(=O)N(C)C5=O.Cc1cc2c3c(cc(C(F)(F)F)c4c5c(C(F)(F)F)cc6c7c(cc(C)c(c1c34)c75)C(=O)N(C)C6=O)C(=O)N(C)C2=O.Cc1cc2c3c(cc(C(F)(F)F)c4c5ccc6c7c(ccc(c1c34)c75)C(=O)N(C)C6=O)C(=O)N(C)C2=O. The highest BCUT2D eigenvalue weighted by molar-refractivity contribution is 6.47. The number of amides is 12. The van der Waals surface area contributed by atoms with Crippen molar-refractivity contribution < 1.29 is 123 Å². The van der Waals surface area contributed by atoms with Gasteiger partial charge in [-0.15, -0.1) is 0 Å². The van der Waals surface area contributed by atoms with Crippen LogP contribution in [-0.2, 0) is 30.9 Å². The minimum Gasteiger partial charge on any atom is -0.277 e. The second-order valence-corrected chi connectivity index (χ2v) is 30.2. The van der Waals surface area contributed by atoms with E-state index in [1.165, 1.54) is 64.3 Å². The van der Waals surface area contributed by atoms with Crippen LogP contribution in [0.15, 0.2) is 97.1 Å².